The molecule has 1 saturated heterocycles. The number of rotatable bonds is 7. The average Bonchev–Trinajstić information content (AvgIpc) is 3.24. The number of carbonyl (C=O) groups excluding carboxylic acids is 2. The van der Waals surface area contributed by atoms with Crippen LogP contribution >= 0.6 is 11.8 Å². The van der Waals surface area contributed by atoms with Crippen molar-refractivity contribution in [3.05, 3.63) is 35.8 Å². The topological polar surface area (TPSA) is 74.6 Å². The highest BCUT2D eigenvalue weighted by Crippen LogP contribution is 2.24. The quantitative estimate of drug-likeness (QED) is 0.552. The summed E-state index contributed by atoms with van der Waals surface area (Å²) in [5.41, 5.74) is 2.43. The molecule has 27 heavy (non-hydrogen) atoms. The lowest BCUT2D eigenvalue weighted by molar-refractivity contribution is -0.139. The van der Waals surface area contributed by atoms with Crippen LogP contribution in [0.5, 0.6) is 0 Å². The van der Waals surface area contributed by atoms with Crippen molar-refractivity contribution in [1.82, 2.24) is 15.5 Å². The zero-order valence-corrected chi connectivity index (χ0v) is 16.6. The summed E-state index contributed by atoms with van der Waals surface area (Å²) < 4.78 is 5.22. The van der Waals surface area contributed by atoms with Gasteiger partial charge in [0.2, 0.25) is 0 Å². The van der Waals surface area contributed by atoms with Gasteiger partial charge in [0.25, 0.3) is 0 Å². The van der Waals surface area contributed by atoms with Crippen LogP contribution in [-0.2, 0) is 9.59 Å². The zero-order valence-electron chi connectivity index (χ0n) is 15.7. The number of nitrogens with zero attached hydrogens (tertiary/aromatic N) is 1. The summed E-state index contributed by atoms with van der Waals surface area (Å²) >= 11 is 1.94. The number of hydrogen-bond acceptors (Lipinski definition) is 5. The van der Waals surface area contributed by atoms with Gasteiger partial charge >= 0.3 is 11.8 Å². The van der Waals surface area contributed by atoms with Crippen molar-refractivity contribution in [3.63, 3.8) is 0 Å². The molecule has 1 aliphatic carbocycles. The molecule has 2 heterocycles. The minimum atomic E-state index is -0.562. The molecule has 2 aliphatic rings. The molecule has 1 aliphatic heterocycles. The second-order valence-electron chi connectivity index (χ2n) is 7.04. The van der Waals surface area contributed by atoms with Crippen molar-refractivity contribution >= 4 is 23.6 Å². The van der Waals surface area contributed by atoms with E-state index in [1.807, 2.05) is 17.8 Å². The van der Waals surface area contributed by atoms with Gasteiger partial charge in [-0.2, -0.15) is 11.8 Å². The van der Waals surface area contributed by atoms with Gasteiger partial charge in [0.1, 0.15) is 0 Å². The summed E-state index contributed by atoms with van der Waals surface area (Å²) in [4.78, 5) is 26.6. The number of carbonyl (C=O) groups is 2. The van der Waals surface area contributed by atoms with Gasteiger partial charge in [0, 0.05) is 43.2 Å². The van der Waals surface area contributed by atoms with E-state index in [0.717, 1.165) is 49.4 Å². The SMILES string of the molecule is O=C(NCCC1=CCCCC1)C(=O)NCC(c1ccoc1)N1CCSCC1. The van der Waals surface area contributed by atoms with Crippen LogP contribution in [0.1, 0.15) is 43.7 Å². The molecule has 1 fully saturated rings. The Hall–Kier alpha value is -1.73. The first-order valence-corrected chi connectivity index (χ1v) is 11.0. The molecule has 0 spiro atoms. The Labute approximate surface area is 165 Å². The Bertz CT molecular complexity index is 639. The molecule has 0 radical (unpaired) electrons. The van der Waals surface area contributed by atoms with Gasteiger partial charge < -0.3 is 15.1 Å². The predicted molar refractivity (Wildman–Crippen MR) is 108 cm³/mol. The first-order chi connectivity index (χ1) is 13.2. The van der Waals surface area contributed by atoms with Crippen molar-refractivity contribution in [2.45, 2.75) is 38.1 Å². The highest BCUT2D eigenvalue weighted by molar-refractivity contribution is 7.99. The van der Waals surface area contributed by atoms with Gasteiger partial charge in [-0.1, -0.05) is 11.6 Å². The van der Waals surface area contributed by atoms with E-state index in [9.17, 15) is 9.59 Å². The minimum Gasteiger partial charge on any atom is -0.472 e. The minimum absolute atomic E-state index is 0.0359. The summed E-state index contributed by atoms with van der Waals surface area (Å²) in [5, 5.41) is 5.54. The highest BCUT2D eigenvalue weighted by atomic mass is 32.2. The molecule has 6 nitrogen and oxygen atoms in total. The third kappa shape index (κ3) is 6.14. The molecule has 1 aromatic rings. The largest absolute Gasteiger partial charge is 0.472 e. The Balaban J connectivity index is 1.45. The van der Waals surface area contributed by atoms with Crippen molar-refractivity contribution in [1.29, 1.82) is 0 Å². The van der Waals surface area contributed by atoms with Gasteiger partial charge in [0.05, 0.1) is 18.6 Å². The smallest absolute Gasteiger partial charge is 0.309 e. The summed E-state index contributed by atoms with van der Waals surface area (Å²) in [7, 11) is 0. The van der Waals surface area contributed by atoms with E-state index >= 15 is 0 Å². The van der Waals surface area contributed by atoms with E-state index in [4.69, 9.17) is 4.42 Å². The normalized spacial score (nSPS) is 19.2. The fourth-order valence-corrected chi connectivity index (χ4v) is 4.56. The molecule has 7 heteroatoms. The first-order valence-electron chi connectivity index (χ1n) is 9.82. The van der Waals surface area contributed by atoms with Gasteiger partial charge in [0.15, 0.2) is 0 Å². The van der Waals surface area contributed by atoms with Crippen LogP contribution in [-0.4, -0.2) is 54.4 Å². The summed E-state index contributed by atoms with van der Waals surface area (Å²) in [6.07, 6.45) is 11.2. The third-order valence-electron chi connectivity index (χ3n) is 5.19. The maximum absolute atomic E-state index is 12.2. The molecule has 0 aromatic carbocycles. The van der Waals surface area contributed by atoms with Crippen LogP contribution in [0.4, 0.5) is 0 Å². The van der Waals surface area contributed by atoms with E-state index in [-0.39, 0.29) is 6.04 Å². The maximum Gasteiger partial charge on any atom is 0.309 e. The van der Waals surface area contributed by atoms with Crippen molar-refractivity contribution < 1.29 is 14.0 Å². The van der Waals surface area contributed by atoms with Gasteiger partial charge in [-0.25, -0.2) is 0 Å². The third-order valence-corrected chi connectivity index (χ3v) is 6.14. The van der Waals surface area contributed by atoms with Crippen molar-refractivity contribution in [2.24, 2.45) is 0 Å². The number of nitrogens with one attached hydrogen (secondary N) is 2. The second kappa shape index (κ2) is 10.6. The van der Waals surface area contributed by atoms with Gasteiger partial charge in [-0.3, -0.25) is 14.5 Å². The number of hydrogen-bond donors (Lipinski definition) is 2. The fourth-order valence-electron chi connectivity index (χ4n) is 3.63. The fraction of sp³-hybridized carbons (Fsp3) is 0.600. The number of thioether (sulfide) groups is 1. The Morgan fingerprint density at radius 3 is 2.70 bits per heavy atom. The summed E-state index contributed by atoms with van der Waals surface area (Å²) in [6, 6.07) is 1.96. The first kappa shape index (κ1) is 20.0. The molecule has 0 saturated carbocycles. The molecule has 1 aromatic heterocycles. The van der Waals surface area contributed by atoms with Crippen molar-refractivity contribution in [3.8, 4) is 0 Å². The lowest BCUT2D eigenvalue weighted by atomic mass is 9.97. The van der Waals surface area contributed by atoms with Crippen LogP contribution < -0.4 is 10.6 Å². The van der Waals surface area contributed by atoms with E-state index in [2.05, 4.69) is 21.6 Å². The second-order valence-corrected chi connectivity index (χ2v) is 8.27. The van der Waals surface area contributed by atoms with E-state index in [0.29, 0.717) is 13.1 Å². The monoisotopic (exact) mass is 391 g/mol. The van der Waals surface area contributed by atoms with Crippen LogP contribution in [0.3, 0.4) is 0 Å². The summed E-state index contributed by atoms with van der Waals surface area (Å²) in [5.74, 6) is 1.05. The van der Waals surface area contributed by atoms with Crippen LogP contribution in [0.2, 0.25) is 0 Å². The van der Waals surface area contributed by atoms with Crippen molar-refractivity contribution in [2.75, 3.05) is 37.7 Å². The Morgan fingerprint density at radius 2 is 2.00 bits per heavy atom. The van der Waals surface area contributed by atoms with Gasteiger partial charge in [-0.15, -0.1) is 0 Å². The zero-order chi connectivity index (χ0) is 18.9. The molecule has 3 rings (SSSR count). The van der Waals surface area contributed by atoms with Gasteiger partial charge in [-0.05, 0) is 38.2 Å². The number of amides is 2. The Kier molecular flexibility index (Phi) is 7.83. The van der Waals surface area contributed by atoms with Crippen LogP contribution in [0, 0.1) is 0 Å². The lowest BCUT2D eigenvalue weighted by Crippen LogP contribution is -2.45. The molecule has 2 N–H and O–H groups in total. The molecule has 1 atom stereocenters. The number of allylic oxidation sites excluding steroid dienone is 1. The molecule has 0 bridgehead atoms. The standard InChI is InChI=1S/C20H29N3O3S/c24-19(21-8-6-16-4-2-1-3-5-16)20(25)22-14-18(17-7-11-26-15-17)23-9-12-27-13-10-23/h4,7,11,15,18H,1-3,5-6,8-10,12-14H2,(H,21,24)(H,22,25). The van der Waals surface area contributed by atoms with Crippen LogP contribution in [0.25, 0.3) is 0 Å². The molecular weight excluding hydrogens is 362 g/mol. The number of furan rings is 1. The van der Waals surface area contributed by atoms with E-state index in [1.54, 1.807) is 12.5 Å². The average molecular weight is 392 g/mol. The Morgan fingerprint density at radius 1 is 1.19 bits per heavy atom. The van der Waals surface area contributed by atoms with E-state index in [1.165, 1.54) is 18.4 Å². The molecule has 148 valence electrons. The van der Waals surface area contributed by atoms with Crippen LogP contribution in [0.15, 0.2) is 34.7 Å². The molecule has 1 unspecified atom stereocenters. The maximum atomic E-state index is 12.2. The molecular formula is C20H29N3O3S. The lowest BCUT2D eigenvalue weighted by Gasteiger charge is -2.33. The summed E-state index contributed by atoms with van der Waals surface area (Å²) in [6.45, 7) is 2.86. The highest BCUT2D eigenvalue weighted by Gasteiger charge is 2.25. The van der Waals surface area contributed by atoms with E-state index < -0.39 is 11.8 Å². The predicted octanol–water partition coefficient (Wildman–Crippen LogP) is 2.49. The molecule has 2 amide bonds.